The van der Waals surface area contributed by atoms with Gasteiger partial charge in [0.25, 0.3) is 5.91 Å². The van der Waals surface area contributed by atoms with Crippen LogP contribution in [0.2, 0.25) is 0 Å². The molecule has 0 aromatic heterocycles. The molecule has 1 aliphatic rings. The first-order valence-electron chi connectivity index (χ1n) is 8.39. The number of nitrogens with zero attached hydrogens (tertiary/aromatic N) is 1. The number of oxime groups is 1. The molecule has 3 rings (SSSR count). The van der Waals surface area contributed by atoms with Crippen molar-refractivity contribution in [2.24, 2.45) is 5.16 Å². The van der Waals surface area contributed by atoms with E-state index in [4.69, 9.17) is 14.3 Å². The fourth-order valence-electron chi connectivity index (χ4n) is 2.83. The zero-order valence-corrected chi connectivity index (χ0v) is 15.3. The van der Waals surface area contributed by atoms with Gasteiger partial charge in [-0.15, -0.1) is 0 Å². The first-order chi connectivity index (χ1) is 13.0. The number of rotatable bonds is 6. The van der Waals surface area contributed by atoms with Crippen LogP contribution >= 0.6 is 0 Å². The standard InChI is InChI=1S/C20H20N2O5/c1-12(23)13-6-4-7-14(10-13)21-20(24)18-11-16(22-27-18)15-8-5-9-17(25-2)19(15)26-3/h4-10,18H,11H2,1-3H3,(H,21,24)/t18-/m1/s1. The van der Waals surface area contributed by atoms with E-state index in [-0.39, 0.29) is 11.7 Å². The van der Waals surface area contributed by atoms with Gasteiger partial charge in [0.2, 0.25) is 6.10 Å². The first-order valence-corrected chi connectivity index (χ1v) is 8.39. The summed E-state index contributed by atoms with van der Waals surface area (Å²) in [6, 6.07) is 12.2. The van der Waals surface area contributed by atoms with E-state index >= 15 is 0 Å². The van der Waals surface area contributed by atoms with Crippen LogP contribution in [0.5, 0.6) is 11.5 Å². The second kappa shape index (κ2) is 7.90. The summed E-state index contributed by atoms with van der Waals surface area (Å²) >= 11 is 0. The molecule has 1 atom stereocenters. The summed E-state index contributed by atoms with van der Waals surface area (Å²) in [5.41, 5.74) is 2.37. The van der Waals surface area contributed by atoms with Crippen molar-refractivity contribution in [3.63, 3.8) is 0 Å². The summed E-state index contributed by atoms with van der Waals surface area (Å²) in [7, 11) is 3.10. The van der Waals surface area contributed by atoms with Crippen LogP contribution in [-0.4, -0.2) is 37.7 Å². The van der Waals surface area contributed by atoms with Crippen LogP contribution in [0.25, 0.3) is 0 Å². The molecule has 7 heteroatoms. The van der Waals surface area contributed by atoms with Crippen LogP contribution < -0.4 is 14.8 Å². The fourth-order valence-corrected chi connectivity index (χ4v) is 2.83. The van der Waals surface area contributed by atoms with Crippen molar-refractivity contribution >= 4 is 23.1 Å². The Bertz CT molecular complexity index is 907. The predicted octanol–water partition coefficient (Wildman–Crippen LogP) is 3.04. The summed E-state index contributed by atoms with van der Waals surface area (Å²) in [5, 5.41) is 6.80. The zero-order chi connectivity index (χ0) is 19.4. The second-order valence-corrected chi connectivity index (χ2v) is 6.00. The van der Waals surface area contributed by atoms with Crippen molar-refractivity contribution in [1.82, 2.24) is 0 Å². The number of anilines is 1. The van der Waals surface area contributed by atoms with E-state index in [1.165, 1.54) is 6.92 Å². The Morgan fingerprint density at radius 1 is 1.15 bits per heavy atom. The lowest BCUT2D eigenvalue weighted by molar-refractivity contribution is -0.125. The first kappa shape index (κ1) is 18.4. The van der Waals surface area contributed by atoms with Gasteiger partial charge < -0.3 is 19.6 Å². The summed E-state index contributed by atoms with van der Waals surface area (Å²) in [5.74, 6) is 0.708. The third-order valence-electron chi connectivity index (χ3n) is 4.21. The van der Waals surface area contributed by atoms with Gasteiger partial charge in [-0.1, -0.05) is 23.4 Å². The maximum atomic E-state index is 12.5. The Labute approximate surface area is 156 Å². The number of methoxy groups -OCH3 is 2. The van der Waals surface area contributed by atoms with Gasteiger partial charge in [0.15, 0.2) is 17.3 Å². The molecule has 0 saturated carbocycles. The Morgan fingerprint density at radius 3 is 2.63 bits per heavy atom. The average Bonchev–Trinajstić information content (AvgIpc) is 3.17. The number of Topliss-reactive ketones (excluding diaryl/α,β-unsaturated/α-hetero) is 1. The number of ether oxygens (including phenoxy) is 2. The van der Waals surface area contributed by atoms with Crippen molar-refractivity contribution in [1.29, 1.82) is 0 Å². The molecule has 27 heavy (non-hydrogen) atoms. The monoisotopic (exact) mass is 368 g/mol. The second-order valence-electron chi connectivity index (χ2n) is 6.00. The summed E-state index contributed by atoms with van der Waals surface area (Å²) in [4.78, 5) is 29.3. The van der Waals surface area contributed by atoms with Crippen molar-refractivity contribution < 1.29 is 23.9 Å². The SMILES string of the molecule is COc1cccc(C2=NO[C@@H](C(=O)Nc3cccc(C(C)=O)c3)C2)c1OC. The highest BCUT2D eigenvalue weighted by molar-refractivity contribution is 6.08. The summed E-state index contributed by atoms with van der Waals surface area (Å²) < 4.78 is 10.7. The van der Waals surface area contributed by atoms with Crippen molar-refractivity contribution in [3.05, 3.63) is 53.6 Å². The van der Waals surface area contributed by atoms with Crippen molar-refractivity contribution in [2.45, 2.75) is 19.4 Å². The molecule has 140 valence electrons. The number of hydrogen-bond acceptors (Lipinski definition) is 6. The topological polar surface area (TPSA) is 86.2 Å². The van der Waals surface area contributed by atoms with Crippen LogP contribution in [-0.2, 0) is 9.63 Å². The van der Waals surface area contributed by atoms with E-state index < -0.39 is 6.10 Å². The van der Waals surface area contributed by atoms with Crippen molar-refractivity contribution in [2.75, 3.05) is 19.5 Å². The molecule has 0 spiro atoms. The number of para-hydroxylation sites is 1. The smallest absolute Gasteiger partial charge is 0.268 e. The quantitative estimate of drug-likeness (QED) is 0.792. The molecule has 1 amide bonds. The van der Waals surface area contributed by atoms with Gasteiger partial charge >= 0.3 is 0 Å². The highest BCUT2D eigenvalue weighted by atomic mass is 16.6. The molecular weight excluding hydrogens is 348 g/mol. The van der Waals surface area contributed by atoms with Gasteiger partial charge in [-0.05, 0) is 31.2 Å². The van der Waals surface area contributed by atoms with E-state index in [1.807, 2.05) is 12.1 Å². The Hall–Kier alpha value is -3.35. The van der Waals surface area contributed by atoms with Crippen molar-refractivity contribution in [3.8, 4) is 11.5 Å². The van der Waals surface area contributed by atoms with Gasteiger partial charge in [0.1, 0.15) is 0 Å². The number of benzene rings is 2. The van der Waals surface area contributed by atoms with E-state index in [2.05, 4.69) is 10.5 Å². The fraction of sp³-hybridized carbons (Fsp3) is 0.250. The number of hydrogen-bond donors (Lipinski definition) is 1. The minimum Gasteiger partial charge on any atom is -0.493 e. The summed E-state index contributed by atoms with van der Waals surface area (Å²) in [6.07, 6.45) is -0.473. The Balaban J connectivity index is 1.71. The highest BCUT2D eigenvalue weighted by Crippen LogP contribution is 2.33. The molecule has 7 nitrogen and oxygen atoms in total. The third kappa shape index (κ3) is 3.92. The van der Waals surface area contributed by atoms with Crippen LogP contribution in [0, 0.1) is 0 Å². The molecule has 0 saturated heterocycles. The number of nitrogens with one attached hydrogen (secondary N) is 1. The van der Waals surface area contributed by atoms with Crippen LogP contribution in [0.1, 0.15) is 29.3 Å². The van der Waals surface area contributed by atoms with Gasteiger partial charge in [0.05, 0.1) is 19.9 Å². The largest absolute Gasteiger partial charge is 0.493 e. The van der Waals surface area contributed by atoms with Gasteiger partial charge in [-0.2, -0.15) is 0 Å². The van der Waals surface area contributed by atoms with Crippen LogP contribution in [0.15, 0.2) is 47.6 Å². The molecule has 1 heterocycles. The van der Waals surface area contributed by atoms with Crippen LogP contribution in [0.4, 0.5) is 5.69 Å². The lowest BCUT2D eigenvalue weighted by Gasteiger charge is -2.12. The Kier molecular flexibility index (Phi) is 5.40. The van der Waals surface area contributed by atoms with E-state index in [0.717, 1.165) is 0 Å². The third-order valence-corrected chi connectivity index (χ3v) is 4.21. The van der Waals surface area contributed by atoms with E-state index in [1.54, 1.807) is 44.6 Å². The minimum atomic E-state index is -0.767. The van der Waals surface area contributed by atoms with Gasteiger partial charge in [-0.3, -0.25) is 9.59 Å². The molecule has 1 N–H and O–H groups in total. The molecule has 0 fully saturated rings. The molecule has 0 radical (unpaired) electrons. The Morgan fingerprint density at radius 2 is 1.93 bits per heavy atom. The molecule has 0 bridgehead atoms. The number of amides is 1. The van der Waals surface area contributed by atoms with Gasteiger partial charge in [0, 0.05) is 23.2 Å². The number of carbonyl (C=O) groups is 2. The zero-order valence-electron chi connectivity index (χ0n) is 15.3. The van der Waals surface area contributed by atoms with E-state index in [0.29, 0.717) is 40.4 Å². The maximum Gasteiger partial charge on any atom is 0.268 e. The normalized spacial score (nSPS) is 15.5. The number of ketones is 1. The molecule has 0 unspecified atom stereocenters. The minimum absolute atomic E-state index is 0.0704. The lowest BCUT2D eigenvalue weighted by atomic mass is 10.0. The highest BCUT2D eigenvalue weighted by Gasteiger charge is 2.31. The molecular formula is C20H20N2O5. The predicted molar refractivity (Wildman–Crippen MR) is 101 cm³/mol. The van der Waals surface area contributed by atoms with Crippen LogP contribution in [0.3, 0.4) is 0 Å². The molecule has 2 aromatic rings. The van der Waals surface area contributed by atoms with E-state index in [9.17, 15) is 9.59 Å². The average molecular weight is 368 g/mol. The molecule has 2 aromatic carbocycles. The molecule has 0 aliphatic carbocycles. The number of carbonyl (C=O) groups excluding carboxylic acids is 2. The maximum absolute atomic E-state index is 12.5. The van der Waals surface area contributed by atoms with Gasteiger partial charge in [-0.25, -0.2) is 0 Å². The molecule has 1 aliphatic heterocycles. The lowest BCUT2D eigenvalue weighted by Crippen LogP contribution is -2.28. The summed E-state index contributed by atoms with van der Waals surface area (Å²) in [6.45, 7) is 1.47.